The van der Waals surface area contributed by atoms with Crippen molar-refractivity contribution in [1.29, 1.82) is 0 Å². The molecule has 0 aromatic rings. The summed E-state index contributed by atoms with van der Waals surface area (Å²) in [7, 11) is 0. The lowest BCUT2D eigenvalue weighted by Gasteiger charge is -2.34. The average molecular weight is 170 g/mol. The number of carbonyl (C=O) groups excluding carboxylic acids is 1. The highest BCUT2D eigenvalue weighted by Gasteiger charge is 2.35. The summed E-state index contributed by atoms with van der Waals surface area (Å²) in [4.78, 5) is 11.2. The van der Waals surface area contributed by atoms with Crippen molar-refractivity contribution in [3.05, 3.63) is 0 Å². The first kappa shape index (κ1) is 9.72. The zero-order valence-corrected chi connectivity index (χ0v) is 8.13. The Labute approximate surface area is 74.0 Å². The van der Waals surface area contributed by atoms with Gasteiger partial charge in [0.15, 0.2) is 0 Å². The molecule has 2 atom stereocenters. The molecule has 1 aliphatic rings. The van der Waals surface area contributed by atoms with Crippen molar-refractivity contribution in [3.8, 4) is 0 Å². The first-order valence-corrected chi connectivity index (χ1v) is 4.65. The molecule has 0 aliphatic heterocycles. The Morgan fingerprint density at radius 3 is 2.58 bits per heavy atom. The van der Waals surface area contributed by atoms with E-state index in [0.29, 0.717) is 24.7 Å². The van der Waals surface area contributed by atoms with Crippen molar-refractivity contribution in [2.24, 2.45) is 11.8 Å². The van der Waals surface area contributed by atoms with Crippen LogP contribution in [0.4, 0.5) is 0 Å². The fourth-order valence-corrected chi connectivity index (χ4v) is 1.97. The summed E-state index contributed by atoms with van der Waals surface area (Å²) in [5, 5.41) is 9.74. The normalized spacial score (nSPS) is 37.4. The Morgan fingerprint density at radius 2 is 2.17 bits per heavy atom. The molecule has 0 aromatic heterocycles. The van der Waals surface area contributed by atoms with Crippen LogP contribution in [0.2, 0.25) is 0 Å². The molecule has 1 aliphatic carbocycles. The topological polar surface area (TPSA) is 37.3 Å². The zero-order chi connectivity index (χ0) is 9.35. The molecule has 12 heavy (non-hydrogen) atoms. The van der Waals surface area contributed by atoms with Gasteiger partial charge in [-0.1, -0.05) is 13.8 Å². The van der Waals surface area contributed by atoms with Gasteiger partial charge in [0.2, 0.25) is 0 Å². The lowest BCUT2D eigenvalue weighted by Crippen LogP contribution is -2.38. The van der Waals surface area contributed by atoms with Gasteiger partial charge in [-0.15, -0.1) is 0 Å². The second kappa shape index (κ2) is 3.17. The molecule has 0 saturated heterocycles. The molecular weight excluding hydrogens is 152 g/mol. The van der Waals surface area contributed by atoms with Gasteiger partial charge in [-0.3, -0.25) is 4.79 Å². The van der Waals surface area contributed by atoms with Gasteiger partial charge in [0.1, 0.15) is 5.78 Å². The van der Waals surface area contributed by atoms with Crippen LogP contribution in [0.15, 0.2) is 0 Å². The highest BCUT2D eigenvalue weighted by molar-refractivity contribution is 5.80. The second-order valence-corrected chi connectivity index (χ2v) is 4.62. The molecule has 1 N–H and O–H groups in total. The van der Waals surface area contributed by atoms with E-state index in [1.807, 2.05) is 0 Å². The van der Waals surface area contributed by atoms with Gasteiger partial charge in [-0.2, -0.15) is 0 Å². The summed E-state index contributed by atoms with van der Waals surface area (Å²) in [5.74, 6) is 1.09. The van der Waals surface area contributed by atoms with Crippen molar-refractivity contribution < 1.29 is 9.90 Å². The van der Waals surface area contributed by atoms with E-state index in [1.54, 1.807) is 6.92 Å². The van der Waals surface area contributed by atoms with Crippen molar-refractivity contribution in [2.45, 2.75) is 45.6 Å². The molecule has 70 valence electrons. The minimum atomic E-state index is -0.746. The molecule has 0 spiro atoms. The van der Waals surface area contributed by atoms with Crippen LogP contribution in [0.1, 0.15) is 40.0 Å². The Bertz CT molecular complexity index is 182. The van der Waals surface area contributed by atoms with Gasteiger partial charge in [0, 0.05) is 12.8 Å². The Kier molecular flexibility index (Phi) is 2.57. The zero-order valence-electron chi connectivity index (χ0n) is 8.13. The van der Waals surface area contributed by atoms with Gasteiger partial charge < -0.3 is 5.11 Å². The van der Waals surface area contributed by atoms with Crippen LogP contribution in [-0.2, 0) is 4.79 Å². The summed E-state index contributed by atoms with van der Waals surface area (Å²) in [6.07, 6.45) is 1.78. The molecule has 2 nitrogen and oxygen atoms in total. The summed E-state index contributed by atoms with van der Waals surface area (Å²) in [6.45, 7) is 5.98. The smallest absolute Gasteiger partial charge is 0.136 e. The van der Waals surface area contributed by atoms with Crippen LogP contribution >= 0.6 is 0 Å². The number of Topliss-reactive ketones (excluding diaryl/α,β-unsaturated/α-hetero) is 1. The van der Waals surface area contributed by atoms with Gasteiger partial charge >= 0.3 is 0 Å². The van der Waals surface area contributed by atoms with E-state index < -0.39 is 5.60 Å². The van der Waals surface area contributed by atoms with Gasteiger partial charge in [0.05, 0.1) is 5.60 Å². The summed E-state index contributed by atoms with van der Waals surface area (Å²) in [5.41, 5.74) is -0.746. The lowest BCUT2D eigenvalue weighted by atomic mass is 9.74. The van der Waals surface area contributed by atoms with Crippen LogP contribution in [0.5, 0.6) is 0 Å². The minimum Gasteiger partial charge on any atom is -0.390 e. The highest BCUT2D eigenvalue weighted by atomic mass is 16.3. The number of carbonyl (C=O) groups is 1. The number of hydrogen-bond acceptors (Lipinski definition) is 2. The Hall–Kier alpha value is -0.370. The van der Waals surface area contributed by atoms with Crippen LogP contribution in [0, 0.1) is 11.8 Å². The summed E-state index contributed by atoms with van der Waals surface area (Å²) < 4.78 is 0. The maximum atomic E-state index is 11.2. The molecule has 0 radical (unpaired) electrons. The number of ketones is 1. The van der Waals surface area contributed by atoms with E-state index in [4.69, 9.17) is 0 Å². The molecule has 0 heterocycles. The SMILES string of the molecule is CC(C)C1CC(=O)CC(C)(O)C1. The third-order valence-corrected chi connectivity index (χ3v) is 2.71. The molecule has 0 aromatic carbocycles. The first-order chi connectivity index (χ1) is 5.41. The molecule has 1 fully saturated rings. The summed E-state index contributed by atoms with van der Waals surface area (Å²) in [6, 6.07) is 0. The Balaban J connectivity index is 2.64. The molecule has 0 amide bonds. The standard InChI is InChI=1S/C10H18O2/c1-7(2)8-4-9(11)6-10(3,12)5-8/h7-8,12H,4-6H2,1-3H3. The summed E-state index contributed by atoms with van der Waals surface area (Å²) >= 11 is 0. The van der Waals surface area contributed by atoms with E-state index in [9.17, 15) is 9.90 Å². The lowest BCUT2D eigenvalue weighted by molar-refractivity contribution is -0.130. The van der Waals surface area contributed by atoms with Crippen LogP contribution < -0.4 is 0 Å². The molecule has 1 saturated carbocycles. The van der Waals surface area contributed by atoms with Gasteiger partial charge in [0.25, 0.3) is 0 Å². The van der Waals surface area contributed by atoms with Gasteiger partial charge in [-0.25, -0.2) is 0 Å². The molecule has 1 rings (SSSR count). The quantitative estimate of drug-likeness (QED) is 0.651. The average Bonchev–Trinajstić information content (AvgIpc) is 1.82. The third kappa shape index (κ3) is 2.31. The maximum Gasteiger partial charge on any atom is 0.136 e. The number of rotatable bonds is 1. The van der Waals surface area contributed by atoms with E-state index >= 15 is 0 Å². The number of aliphatic hydroxyl groups is 1. The maximum absolute atomic E-state index is 11.2. The van der Waals surface area contributed by atoms with Crippen molar-refractivity contribution in [3.63, 3.8) is 0 Å². The van der Waals surface area contributed by atoms with Crippen LogP contribution in [-0.4, -0.2) is 16.5 Å². The predicted octanol–water partition coefficient (Wildman–Crippen LogP) is 1.76. The minimum absolute atomic E-state index is 0.213. The van der Waals surface area contributed by atoms with E-state index in [-0.39, 0.29) is 5.78 Å². The Morgan fingerprint density at radius 1 is 1.58 bits per heavy atom. The van der Waals surface area contributed by atoms with Crippen molar-refractivity contribution in [1.82, 2.24) is 0 Å². The largest absolute Gasteiger partial charge is 0.390 e. The second-order valence-electron chi connectivity index (χ2n) is 4.62. The van der Waals surface area contributed by atoms with Crippen LogP contribution in [0.25, 0.3) is 0 Å². The molecule has 2 unspecified atom stereocenters. The molecule has 0 bridgehead atoms. The fourth-order valence-electron chi connectivity index (χ4n) is 1.97. The van der Waals surface area contributed by atoms with Gasteiger partial charge in [-0.05, 0) is 25.2 Å². The van der Waals surface area contributed by atoms with Crippen molar-refractivity contribution >= 4 is 5.78 Å². The van der Waals surface area contributed by atoms with E-state index in [1.165, 1.54) is 0 Å². The third-order valence-electron chi connectivity index (χ3n) is 2.71. The highest BCUT2D eigenvalue weighted by Crippen LogP contribution is 2.33. The van der Waals surface area contributed by atoms with Crippen LogP contribution in [0.3, 0.4) is 0 Å². The van der Waals surface area contributed by atoms with E-state index in [2.05, 4.69) is 13.8 Å². The molecule has 2 heteroatoms. The predicted molar refractivity (Wildman–Crippen MR) is 47.8 cm³/mol. The number of hydrogen-bond donors (Lipinski definition) is 1. The van der Waals surface area contributed by atoms with E-state index in [0.717, 1.165) is 6.42 Å². The van der Waals surface area contributed by atoms with Crippen molar-refractivity contribution in [2.75, 3.05) is 0 Å². The first-order valence-electron chi connectivity index (χ1n) is 4.65. The monoisotopic (exact) mass is 170 g/mol. The fraction of sp³-hybridized carbons (Fsp3) is 0.900. The molecular formula is C10H18O2.